The van der Waals surface area contributed by atoms with Crippen LogP contribution in [0.15, 0.2) is 23.6 Å². The van der Waals surface area contributed by atoms with Crippen molar-refractivity contribution >= 4 is 40.7 Å². The quantitative estimate of drug-likeness (QED) is 0.793. The molecule has 1 heterocycles. The van der Waals surface area contributed by atoms with E-state index >= 15 is 0 Å². The SMILES string of the molecule is [B]c1ccc2scc(CCC(=O)O)c2c1. The highest BCUT2D eigenvalue weighted by atomic mass is 32.1. The zero-order valence-electron chi connectivity index (χ0n) is 8.06. The molecule has 0 bridgehead atoms. The zero-order chi connectivity index (χ0) is 10.8. The first-order valence-electron chi connectivity index (χ1n) is 4.64. The van der Waals surface area contributed by atoms with Crippen molar-refractivity contribution in [2.24, 2.45) is 0 Å². The summed E-state index contributed by atoms with van der Waals surface area (Å²) in [5.74, 6) is -0.766. The number of carboxylic acid groups (broad SMARTS) is 1. The first kappa shape index (κ1) is 10.2. The van der Waals surface area contributed by atoms with Gasteiger partial charge in [0.2, 0.25) is 0 Å². The molecule has 74 valence electrons. The standard InChI is InChI=1S/C11H9BO2S/c12-8-2-3-10-9(5-8)7(6-15-10)1-4-11(13)14/h2-3,5-6H,1,4H2,(H,13,14). The number of aryl methyl sites for hydroxylation is 1. The van der Waals surface area contributed by atoms with Gasteiger partial charge in [-0.1, -0.05) is 17.6 Å². The zero-order valence-corrected chi connectivity index (χ0v) is 8.88. The molecule has 0 aliphatic heterocycles. The van der Waals surface area contributed by atoms with Crippen molar-refractivity contribution in [2.45, 2.75) is 12.8 Å². The van der Waals surface area contributed by atoms with Gasteiger partial charge in [0.15, 0.2) is 0 Å². The Kier molecular flexibility index (Phi) is 2.78. The van der Waals surface area contributed by atoms with E-state index in [0.29, 0.717) is 6.42 Å². The summed E-state index contributed by atoms with van der Waals surface area (Å²) in [5, 5.41) is 11.7. The normalized spacial score (nSPS) is 10.7. The third-order valence-electron chi connectivity index (χ3n) is 2.29. The van der Waals surface area contributed by atoms with Gasteiger partial charge in [-0.05, 0) is 28.8 Å². The molecule has 1 N–H and O–H groups in total. The van der Waals surface area contributed by atoms with E-state index in [1.807, 2.05) is 23.6 Å². The molecule has 4 heteroatoms. The van der Waals surface area contributed by atoms with Crippen molar-refractivity contribution < 1.29 is 9.90 Å². The molecule has 1 aromatic heterocycles. The van der Waals surface area contributed by atoms with Crippen molar-refractivity contribution in [1.29, 1.82) is 0 Å². The Morgan fingerprint density at radius 3 is 3.00 bits per heavy atom. The van der Waals surface area contributed by atoms with Gasteiger partial charge in [0, 0.05) is 11.1 Å². The molecular weight excluding hydrogens is 207 g/mol. The number of thiophene rings is 1. The number of hydrogen-bond acceptors (Lipinski definition) is 2. The summed E-state index contributed by atoms with van der Waals surface area (Å²) in [6, 6.07) is 5.74. The van der Waals surface area contributed by atoms with E-state index in [2.05, 4.69) is 0 Å². The molecule has 0 aliphatic carbocycles. The van der Waals surface area contributed by atoms with E-state index < -0.39 is 5.97 Å². The van der Waals surface area contributed by atoms with E-state index in [1.54, 1.807) is 11.3 Å². The van der Waals surface area contributed by atoms with Crippen molar-refractivity contribution in [1.82, 2.24) is 0 Å². The number of hydrogen-bond donors (Lipinski definition) is 1. The van der Waals surface area contributed by atoms with Crippen LogP contribution in [0.3, 0.4) is 0 Å². The maximum absolute atomic E-state index is 10.5. The van der Waals surface area contributed by atoms with Crippen LogP contribution in [0.2, 0.25) is 0 Å². The average molecular weight is 216 g/mol. The van der Waals surface area contributed by atoms with Gasteiger partial charge < -0.3 is 5.11 Å². The Labute approximate surface area is 93.0 Å². The molecule has 2 rings (SSSR count). The van der Waals surface area contributed by atoms with Crippen molar-refractivity contribution in [2.75, 3.05) is 0 Å². The highest BCUT2D eigenvalue weighted by Gasteiger charge is 2.05. The fourth-order valence-electron chi connectivity index (χ4n) is 1.53. The first-order chi connectivity index (χ1) is 7.16. The smallest absolute Gasteiger partial charge is 0.303 e. The van der Waals surface area contributed by atoms with E-state index in [0.717, 1.165) is 21.1 Å². The molecular formula is C11H9BO2S. The van der Waals surface area contributed by atoms with E-state index in [-0.39, 0.29) is 6.42 Å². The summed E-state index contributed by atoms with van der Waals surface area (Å²) in [5.41, 5.74) is 1.79. The number of rotatable bonds is 3. The molecule has 0 amide bonds. The third-order valence-corrected chi connectivity index (χ3v) is 3.30. The molecule has 15 heavy (non-hydrogen) atoms. The lowest BCUT2D eigenvalue weighted by atomic mass is 9.94. The lowest BCUT2D eigenvalue weighted by Crippen LogP contribution is -2.00. The van der Waals surface area contributed by atoms with Gasteiger partial charge >= 0.3 is 5.97 Å². The Morgan fingerprint density at radius 1 is 1.47 bits per heavy atom. The van der Waals surface area contributed by atoms with Crippen LogP contribution in [0.25, 0.3) is 10.1 Å². The maximum atomic E-state index is 10.5. The summed E-state index contributed by atoms with van der Waals surface area (Å²) in [6.07, 6.45) is 0.736. The monoisotopic (exact) mass is 216 g/mol. The van der Waals surface area contributed by atoms with Crippen molar-refractivity contribution in [3.63, 3.8) is 0 Å². The van der Waals surface area contributed by atoms with Crippen molar-refractivity contribution in [3.05, 3.63) is 29.1 Å². The minimum atomic E-state index is -0.766. The first-order valence-corrected chi connectivity index (χ1v) is 5.52. The van der Waals surface area contributed by atoms with Crippen LogP contribution in [-0.2, 0) is 11.2 Å². The highest BCUT2D eigenvalue weighted by Crippen LogP contribution is 2.25. The number of benzene rings is 1. The molecule has 0 saturated carbocycles. The fraction of sp³-hybridized carbons (Fsp3) is 0.182. The lowest BCUT2D eigenvalue weighted by molar-refractivity contribution is -0.136. The lowest BCUT2D eigenvalue weighted by Gasteiger charge is -1.98. The summed E-state index contributed by atoms with van der Waals surface area (Å²) in [7, 11) is 5.70. The molecule has 0 aliphatic rings. The topological polar surface area (TPSA) is 37.3 Å². The van der Waals surface area contributed by atoms with Gasteiger partial charge in [0.05, 0.1) is 0 Å². The van der Waals surface area contributed by atoms with Gasteiger partial charge in [-0.25, -0.2) is 0 Å². The largest absolute Gasteiger partial charge is 0.481 e. The van der Waals surface area contributed by atoms with Gasteiger partial charge in [-0.15, -0.1) is 11.3 Å². The Balaban J connectivity index is 2.35. The Morgan fingerprint density at radius 2 is 2.27 bits per heavy atom. The number of fused-ring (bicyclic) bond motifs is 1. The predicted molar refractivity (Wildman–Crippen MR) is 63.2 cm³/mol. The molecule has 0 fully saturated rings. The molecule has 0 atom stereocenters. The maximum Gasteiger partial charge on any atom is 0.303 e. The number of carboxylic acids is 1. The minimum absolute atomic E-state index is 0.167. The van der Waals surface area contributed by atoms with Crippen LogP contribution >= 0.6 is 11.3 Å². The number of aliphatic carboxylic acids is 1. The Bertz CT molecular complexity index is 504. The van der Waals surface area contributed by atoms with Crippen LogP contribution in [0.5, 0.6) is 0 Å². The minimum Gasteiger partial charge on any atom is -0.481 e. The Hall–Kier alpha value is -1.29. The van der Waals surface area contributed by atoms with Crippen LogP contribution in [-0.4, -0.2) is 18.9 Å². The summed E-state index contributed by atoms with van der Waals surface area (Å²) < 4.78 is 1.16. The second-order valence-corrected chi connectivity index (χ2v) is 4.32. The van der Waals surface area contributed by atoms with Gasteiger partial charge in [-0.2, -0.15) is 0 Å². The van der Waals surface area contributed by atoms with E-state index in [4.69, 9.17) is 13.0 Å². The summed E-state index contributed by atoms with van der Waals surface area (Å²) >= 11 is 1.63. The molecule has 0 spiro atoms. The summed E-state index contributed by atoms with van der Waals surface area (Å²) in [4.78, 5) is 10.5. The molecule has 1 aromatic carbocycles. The molecule has 2 radical (unpaired) electrons. The van der Waals surface area contributed by atoms with Gasteiger partial charge in [0.1, 0.15) is 7.85 Å². The van der Waals surface area contributed by atoms with Crippen LogP contribution < -0.4 is 5.46 Å². The van der Waals surface area contributed by atoms with E-state index in [1.165, 1.54) is 0 Å². The van der Waals surface area contributed by atoms with Gasteiger partial charge in [-0.3, -0.25) is 4.79 Å². The summed E-state index contributed by atoms with van der Waals surface area (Å²) in [6.45, 7) is 0. The third kappa shape index (κ3) is 2.21. The molecule has 2 nitrogen and oxygen atoms in total. The number of carbonyl (C=O) groups is 1. The average Bonchev–Trinajstić information content (AvgIpc) is 2.57. The van der Waals surface area contributed by atoms with Crippen LogP contribution in [0.4, 0.5) is 0 Å². The van der Waals surface area contributed by atoms with Crippen LogP contribution in [0.1, 0.15) is 12.0 Å². The molecule has 2 aromatic rings. The van der Waals surface area contributed by atoms with E-state index in [9.17, 15) is 4.79 Å². The second-order valence-electron chi connectivity index (χ2n) is 3.41. The van der Waals surface area contributed by atoms with Gasteiger partial charge in [0.25, 0.3) is 0 Å². The fourth-order valence-corrected chi connectivity index (χ4v) is 2.51. The highest BCUT2D eigenvalue weighted by molar-refractivity contribution is 7.17. The second kappa shape index (κ2) is 4.07. The predicted octanol–water partition coefficient (Wildman–Crippen LogP) is 1.71. The van der Waals surface area contributed by atoms with Crippen molar-refractivity contribution in [3.8, 4) is 0 Å². The molecule has 0 unspecified atom stereocenters. The molecule has 0 saturated heterocycles. The van der Waals surface area contributed by atoms with Crippen LogP contribution in [0, 0.1) is 0 Å².